The largest absolute Gasteiger partial charge is 0.453 e. The van der Waals surface area contributed by atoms with Crippen molar-refractivity contribution >= 4 is 34.7 Å². The molecule has 142 valence electrons. The Kier molecular flexibility index (Phi) is 5.75. The van der Waals surface area contributed by atoms with Crippen molar-refractivity contribution in [2.45, 2.75) is 39.5 Å². The highest BCUT2D eigenvalue weighted by atomic mass is 32.1. The number of likely N-dealkylation sites (N-methyl/N-ethyl adjacent to an activating group) is 1. The molecule has 0 aliphatic carbocycles. The zero-order valence-electron chi connectivity index (χ0n) is 15.8. The van der Waals surface area contributed by atoms with Crippen LogP contribution in [0.5, 0.6) is 0 Å². The number of ether oxygens (including phenoxy) is 1. The van der Waals surface area contributed by atoms with Crippen molar-refractivity contribution in [2.75, 3.05) is 18.6 Å². The average molecular weight is 385 g/mol. The lowest BCUT2D eigenvalue weighted by atomic mass is 10.1. The molecule has 0 radical (unpaired) electrons. The van der Waals surface area contributed by atoms with Crippen molar-refractivity contribution in [3.05, 3.63) is 50.7 Å². The molecule has 1 aromatic carbocycles. The van der Waals surface area contributed by atoms with Gasteiger partial charge >= 0.3 is 5.97 Å². The molecular weight excluding hydrogens is 362 g/mol. The number of thiophene rings is 1. The normalized spacial score (nSPS) is 13.0. The summed E-state index contributed by atoms with van der Waals surface area (Å²) in [6.45, 7) is 3.87. The van der Waals surface area contributed by atoms with E-state index in [1.165, 1.54) is 21.8 Å². The molecule has 6 heteroatoms. The first-order valence-electron chi connectivity index (χ1n) is 9.16. The van der Waals surface area contributed by atoms with Crippen molar-refractivity contribution in [1.29, 1.82) is 0 Å². The molecule has 2 aromatic rings. The van der Waals surface area contributed by atoms with Gasteiger partial charge in [0.05, 0.1) is 6.42 Å². The number of nitrogens with zero attached hydrogens (tertiary/aromatic N) is 1. The summed E-state index contributed by atoms with van der Waals surface area (Å²) in [6.07, 6.45) is 3.14. The lowest BCUT2D eigenvalue weighted by Crippen LogP contribution is -2.20. The van der Waals surface area contributed by atoms with E-state index in [0.717, 1.165) is 30.5 Å². The first-order chi connectivity index (χ1) is 12.9. The highest BCUT2D eigenvalue weighted by Crippen LogP contribution is 2.29. The van der Waals surface area contributed by atoms with Crippen LogP contribution in [0.25, 0.3) is 0 Å². The summed E-state index contributed by atoms with van der Waals surface area (Å²) < 4.78 is 5.24. The van der Waals surface area contributed by atoms with Crippen molar-refractivity contribution in [1.82, 2.24) is 0 Å². The maximum atomic E-state index is 12.4. The zero-order valence-corrected chi connectivity index (χ0v) is 16.6. The molecule has 0 unspecified atom stereocenters. The number of ketones is 1. The van der Waals surface area contributed by atoms with Gasteiger partial charge in [0, 0.05) is 23.2 Å². The lowest BCUT2D eigenvalue weighted by Gasteiger charge is -2.10. The third-order valence-electron chi connectivity index (χ3n) is 4.77. The summed E-state index contributed by atoms with van der Waals surface area (Å²) in [4.78, 5) is 39.8. The van der Waals surface area contributed by atoms with Gasteiger partial charge in [-0.1, -0.05) is 20.3 Å². The molecule has 1 aromatic heterocycles. The molecule has 0 spiro atoms. The van der Waals surface area contributed by atoms with Gasteiger partial charge in [-0.25, -0.2) is 4.79 Å². The first kappa shape index (κ1) is 19.3. The van der Waals surface area contributed by atoms with E-state index in [4.69, 9.17) is 4.74 Å². The van der Waals surface area contributed by atoms with Crippen molar-refractivity contribution in [3.63, 3.8) is 0 Å². The fourth-order valence-corrected chi connectivity index (χ4v) is 4.48. The van der Waals surface area contributed by atoms with E-state index < -0.39 is 5.97 Å². The fraction of sp³-hybridized carbons (Fsp3) is 0.381. The number of esters is 1. The van der Waals surface area contributed by atoms with Gasteiger partial charge in [0.25, 0.3) is 0 Å². The van der Waals surface area contributed by atoms with Gasteiger partial charge in [0.1, 0.15) is 4.88 Å². The molecular formula is C21H23NO4S. The Morgan fingerprint density at radius 3 is 2.70 bits per heavy atom. The molecule has 2 heterocycles. The van der Waals surface area contributed by atoms with Crippen molar-refractivity contribution in [3.8, 4) is 0 Å². The third kappa shape index (κ3) is 3.95. The summed E-state index contributed by atoms with van der Waals surface area (Å²) in [7, 11) is 1.72. The summed E-state index contributed by atoms with van der Waals surface area (Å²) in [5.74, 6) is -0.719. The standard InChI is InChI=1S/C21H23NO4S/c1-4-6-18-13(5-2)10-19(27-18)21(25)26-12-17(23)14-7-8-16-15(9-14)11-20(24)22(16)3/h7-10H,4-6,11-12H2,1-3H3. The Morgan fingerprint density at radius 1 is 1.22 bits per heavy atom. The van der Waals surface area contributed by atoms with E-state index in [2.05, 4.69) is 13.8 Å². The van der Waals surface area contributed by atoms with Crippen LogP contribution in [-0.4, -0.2) is 31.3 Å². The Bertz CT molecular complexity index is 900. The third-order valence-corrected chi connectivity index (χ3v) is 5.99. The number of hydrogen-bond donors (Lipinski definition) is 0. The summed E-state index contributed by atoms with van der Waals surface area (Å²) >= 11 is 1.45. The molecule has 0 fully saturated rings. The minimum Gasteiger partial charge on any atom is -0.453 e. The van der Waals surface area contributed by atoms with Gasteiger partial charge in [-0.3, -0.25) is 9.59 Å². The minimum absolute atomic E-state index is 0.00772. The second-order valence-corrected chi connectivity index (χ2v) is 7.77. The van der Waals surface area contributed by atoms with Crippen LogP contribution in [0.1, 0.15) is 56.3 Å². The van der Waals surface area contributed by atoms with E-state index in [0.29, 0.717) is 16.9 Å². The van der Waals surface area contributed by atoms with Crippen LogP contribution in [0, 0.1) is 0 Å². The maximum absolute atomic E-state index is 12.4. The van der Waals surface area contributed by atoms with Crippen molar-refractivity contribution in [2.24, 2.45) is 0 Å². The Morgan fingerprint density at radius 2 is 2.00 bits per heavy atom. The van der Waals surface area contributed by atoms with Gasteiger partial charge in [0.2, 0.25) is 5.91 Å². The number of amides is 1. The number of carbonyl (C=O) groups is 3. The van der Waals surface area contributed by atoms with Crippen molar-refractivity contribution < 1.29 is 19.1 Å². The number of anilines is 1. The van der Waals surface area contributed by atoms with Crippen LogP contribution >= 0.6 is 11.3 Å². The van der Waals surface area contributed by atoms with Gasteiger partial charge in [-0.05, 0) is 48.2 Å². The van der Waals surface area contributed by atoms with Crippen LogP contribution in [0.3, 0.4) is 0 Å². The molecule has 0 bridgehead atoms. The van der Waals surface area contributed by atoms with E-state index in [-0.39, 0.29) is 18.3 Å². The number of rotatable bonds is 7. The van der Waals surface area contributed by atoms with Gasteiger partial charge in [-0.15, -0.1) is 11.3 Å². The number of benzene rings is 1. The Balaban J connectivity index is 1.65. The number of fused-ring (bicyclic) bond motifs is 1. The predicted molar refractivity (Wildman–Crippen MR) is 106 cm³/mol. The van der Waals surface area contributed by atoms with E-state index in [1.807, 2.05) is 6.07 Å². The van der Waals surface area contributed by atoms with Crippen LogP contribution in [0.15, 0.2) is 24.3 Å². The molecule has 1 aliphatic rings. The van der Waals surface area contributed by atoms with Gasteiger partial charge in [-0.2, -0.15) is 0 Å². The van der Waals surface area contributed by atoms with Crippen LogP contribution in [0.4, 0.5) is 5.69 Å². The molecule has 1 aliphatic heterocycles. The Labute approximate surface area is 162 Å². The molecule has 0 atom stereocenters. The van der Waals surface area contributed by atoms with Gasteiger partial charge in [0.15, 0.2) is 12.4 Å². The average Bonchev–Trinajstić information content (AvgIpc) is 3.20. The van der Waals surface area contributed by atoms with E-state index in [9.17, 15) is 14.4 Å². The topological polar surface area (TPSA) is 63.7 Å². The monoisotopic (exact) mass is 385 g/mol. The highest BCUT2D eigenvalue weighted by molar-refractivity contribution is 7.14. The summed E-state index contributed by atoms with van der Waals surface area (Å²) in [6, 6.07) is 7.02. The van der Waals surface area contributed by atoms with Gasteiger partial charge < -0.3 is 9.64 Å². The molecule has 5 nitrogen and oxygen atoms in total. The first-order valence-corrected chi connectivity index (χ1v) is 9.97. The molecule has 0 saturated carbocycles. The molecule has 1 amide bonds. The van der Waals surface area contributed by atoms with Crippen LogP contribution in [0.2, 0.25) is 0 Å². The summed E-state index contributed by atoms with van der Waals surface area (Å²) in [5.41, 5.74) is 3.28. The second kappa shape index (κ2) is 8.05. The number of aryl methyl sites for hydroxylation is 2. The SMILES string of the molecule is CCCc1sc(C(=O)OCC(=O)c2ccc3c(c2)CC(=O)N3C)cc1CC. The zero-order chi connectivity index (χ0) is 19.6. The predicted octanol–water partition coefficient (Wildman–Crippen LogP) is 3.82. The molecule has 3 rings (SSSR count). The van der Waals surface area contributed by atoms with E-state index >= 15 is 0 Å². The number of carbonyl (C=O) groups excluding carboxylic acids is 3. The number of Topliss-reactive ketones (excluding diaryl/α,β-unsaturated/α-hetero) is 1. The second-order valence-electron chi connectivity index (χ2n) is 6.63. The minimum atomic E-state index is -0.457. The molecule has 0 saturated heterocycles. The molecule has 27 heavy (non-hydrogen) atoms. The Hall–Kier alpha value is -2.47. The quantitative estimate of drug-likeness (QED) is 0.537. The highest BCUT2D eigenvalue weighted by Gasteiger charge is 2.25. The lowest BCUT2D eigenvalue weighted by molar-refractivity contribution is -0.117. The van der Waals surface area contributed by atoms with Crippen LogP contribution < -0.4 is 4.90 Å². The smallest absolute Gasteiger partial charge is 0.348 e. The number of hydrogen-bond acceptors (Lipinski definition) is 5. The van der Waals surface area contributed by atoms with Crippen LogP contribution in [-0.2, 0) is 28.8 Å². The maximum Gasteiger partial charge on any atom is 0.348 e. The van der Waals surface area contributed by atoms with E-state index in [1.54, 1.807) is 30.1 Å². The summed E-state index contributed by atoms with van der Waals surface area (Å²) in [5, 5.41) is 0. The molecule has 0 N–H and O–H groups in total. The fourth-order valence-electron chi connectivity index (χ4n) is 3.23.